The van der Waals surface area contributed by atoms with E-state index in [1.165, 1.54) is 0 Å². The quantitative estimate of drug-likeness (QED) is 0.716. The van der Waals surface area contributed by atoms with Crippen molar-refractivity contribution < 1.29 is 14.3 Å². The first-order chi connectivity index (χ1) is 14.7. The molecule has 0 radical (unpaired) electrons. The minimum Gasteiger partial charge on any atom is -0.493 e. The lowest BCUT2D eigenvalue weighted by Crippen LogP contribution is -2.50. The highest BCUT2D eigenvalue weighted by Gasteiger charge is 2.31. The summed E-state index contributed by atoms with van der Waals surface area (Å²) in [4.78, 5) is 27.9. The number of methoxy groups -OCH3 is 2. The lowest BCUT2D eigenvalue weighted by molar-refractivity contribution is -0.131. The number of hydrogen-bond donors (Lipinski definition) is 0. The maximum absolute atomic E-state index is 12.9. The third-order valence-corrected chi connectivity index (χ3v) is 5.98. The molecule has 1 unspecified atom stereocenters. The minimum atomic E-state index is 0.198. The smallest absolute Gasteiger partial charge is 0.236 e. The summed E-state index contributed by atoms with van der Waals surface area (Å²) in [6.07, 6.45) is 4.47. The predicted octanol–water partition coefficient (Wildman–Crippen LogP) is 1.63. The summed E-state index contributed by atoms with van der Waals surface area (Å²) in [6, 6.07) is 7.78. The van der Waals surface area contributed by atoms with Crippen LogP contribution in [0.3, 0.4) is 0 Å². The number of aromatic nitrogens is 2. The van der Waals surface area contributed by atoms with Gasteiger partial charge >= 0.3 is 0 Å². The van der Waals surface area contributed by atoms with Crippen LogP contribution in [0.25, 0.3) is 0 Å². The van der Waals surface area contributed by atoms with Crippen LogP contribution in [0.1, 0.15) is 17.9 Å². The van der Waals surface area contributed by atoms with Gasteiger partial charge in [0.25, 0.3) is 0 Å². The van der Waals surface area contributed by atoms with Crippen molar-refractivity contribution in [3.63, 3.8) is 0 Å². The molecule has 4 rings (SSSR count). The van der Waals surface area contributed by atoms with E-state index in [2.05, 4.69) is 25.8 Å². The largest absolute Gasteiger partial charge is 0.493 e. The second kappa shape index (κ2) is 9.30. The van der Waals surface area contributed by atoms with E-state index in [9.17, 15) is 4.79 Å². The lowest BCUT2D eigenvalue weighted by atomic mass is 9.97. The first-order valence-corrected chi connectivity index (χ1v) is 10.4. The van der Waals surface area contributed by atoms with Crippen molar-refractivity contribution in [2.45, 2.75) is 12.3 Å². The summed E-state index contributed by atoms with van der Waals surface area (Å²) in [5.74, 6) is 2.74. The number of anilines is 1. The van der Waals surface area contributed by atoms with Crippen LogP contribution in [-0.2, 0) is 4.79 Å². The Morgan fingerprint density at radius 1 is 1.03 bits per heavy atom. The van der Waals surface area contributed by atoms with E-state index in [0.717, 1.165) is 68.7 Å². The average molecular weight is 412 g/mol. The molecule has 160 valence electrons. The molecule has 0 aliphatic carbocycles. The fourth-order valence-corrected chi connectivity index (χ4v) is 4.33. The zero-order chi connectivity index (χ0) is 20.9. The SMILES string of the molecule is COc1cccc(C2CCN(C(=O)CN3CCN(c4ncccn4)CC3)C2)c1OC. The Kier molecular flexibility index (Phi) is 6.32. The van der Waals surface area contributed by atoms with E-state index in [-0.39, 0.29) is 11.8 Å². The van der Waals surface area contributed by atoms with Gasteiger partial charge in [-0.2, -0.15) is 0 Å². The molecule has 2 aromatic rings. The van der Waals surface area contributed by atoms with Gasteiger partial charge < -0.3 is 19.3 Å². The van der Waals surface area contributed by atoms with Crippen LogP contribution in [0.5, 0.6) is 11.5 Å². The second-order valence-corrected chi connectivity index (χ2v) is 7.72. The summed E-state index contributed by atoms with van der Waals surface area (Å²) >= 11 is 0. The van der Waals surface area contributed by atoms with E-state index in [1.54, 1.807) is 26.6 Å². The molecule has 8 nitrogen and oxygen atoms in total. The van der Waals surface area contributed by atoms with Crippen LogP contribution in [0.2, 0.25) is 0 Å². The minimum absolute atomic E-state index is 0.198. The van der Waals surface area contributed by atoms with Crippen LogP contribution in [0.4, 0.5) is 5.95 Å². The molecule has 0 spiro atoms. The summed E-state index contributed by atoms with van der Waals surface area (Å²) in [6.45, 7) is 5.31. The highest BCUT2D eigenvalue weighted by Crippen LogP contribution is 2.39. The Bertz CT molecular complexity index is 855. The molecule has 2 aliphatic rings. The van der Waals surface area contributed by atoms with Crippen molar-refractivity contribution >= 4 is 11.9 Å². The first-order valence-electron chi connectivity index (χ1n) is 10.4. The van der Waals surface area contributed by atoms with Crippen molar-refractivity contribution in [2.75, 3.05) is 64.9 Å². The highest BCUT2D eigenvalue weighted by atomic mass is 16.5. The van der Waals surface area contributed by atoms with Crippen molar-refractivity contribution in [1.82, 2.24) is 19.8 Å². The zero-order valence-electron chi connectivity index (χ0n) is 17.7. The van der Waals surface area contributed by atoms with Crippen LogP contribution >= 0.6 is 0 Å². The Labute approximate surface area is 177 Å². The lowest BCUT2D eigenvalue weighted by Gasteiger charge is -2.34. The van der Waals surface area contributed by atoms with E-state index in [0.29, 0.717) is 6.54 Å². The van der Waals surface area contributed by atoms with Gasteiger partial charge in [0, 0.05) is 63.1 Å². The Morgan fingerprint density at radius 2 is 1.80 bits per heavy atom. The van der Waals surface area contributed by atoms with Crippen molar-refractivity contribution in [3.8, 4) is 11.5 Å². The van der Waals surface area contributed by atoms with Gasteiger partial charge in [-0.25, -0.2) is 9.97 Å². The van der Waals surface area contributed by atoms with E-state index >= 15 is 0 Å². The summed E-state index contributed by atoms with van der Waals surface area (Å²) in [5, 5.41) is 0. The molecule has 1 aromatic carbocycles. The molecular weight excluding hydrogens is 382 g/mol. The van der Waals surface area contributed by atoms with Gasteiger partial charge in [0.15, 0.2) is 11.5 Å². The molecule has 2 aliphatic heterocycles. The van der Waals surface area contributed by atoms with Crippen molar-refractivity contribution in [3.05, 3.63) is 42.2 Å². The van der Waals surface area contributed by atoms with Crippen LogP contribution < -0.4 is 14.4 Å². The van der Waals surface area contributed by atoms with Crippen LogP contribution in [0, 0.1) is 0 Å². The number of likely N-dealkylation sites (tertiary alicyclic amines) is 1. The topological polar surface area (TPSA) is 71.0 Å². The highest BCUT2D eigenvalue weighted by molar-refractivity contribution is 5.78. The molecule has 2 saturated heterocycles. The molecule has 3 heterocycles. The molecule has 2 fully saturated rings. The molecule has 1 atom stereocenters. The molecule has 0 N–H and O–H groups in total. The number of piperazine rings is 1. The van der Waals surface area contributed by atoms with Crippen molar-refractivity contribution in [1.29, 1.82) is 0 Å². The number of carbonyl (C=O) groups is 1. The number of para-hydroxylation sites is 1. The Hall–Kier alpha value is -2.87. The van der Waals surface area contributed by atoms with E-state index < -0.39 is 0 Å². The summed E-state index contributed by atoms with van der Waals surface area (Å²) < 4.78 is 11.0. The van der Waals surface area contributed by atoms with Gasteiger partial charge in [-0.1, -0.05) is 12.1 Å². The number of ether oxygens (including phenoxy) is 2. The molecular formula is C22H29N5O3. The number of rotatable bonds is 6. The summed E-state index contributed by atoms with van der Waals surface area (Å²) in [5.41, 5.74) is 1.11. The van der Waals surface area contributed by atoms with Crippen LogP contribution in [-0.4, -0.2) is 85.7 Å². The molecule has 1 aromatic heterocycles. The average Bonchev–Trinajstić information content (AvgIpc) is 3.30. The maximum atomic E-state index is 12.9. The maximum Gasteiger partial charge on any atom is 0.236 e. The number of nitrogens with zero attached hydrogens (tertiary/aromatic N) is 5. The van der Waals surface area contributed by atoms with Gasteiger partial charge in [-0.05, 0) is 18.6 Å². The number of benzene rings is 1. The van der Waals surface area contributed by atoms with Gasteiger partial charge in [0.1, 0.15) is 0 Å². The third kappa shape index (κ3) is 4.33. The molecule has 0 bridgehead atoms. The molecule has 8 heteroatoms. The first kappa shape index (κ1) is 20.4. The van der Waals surface area contributed by atoms with Gasteiger partial charge in [0.2, 0.25) is 11.9 Å². The molecule has 30 heavy (non-hydrogen) atoms. The van der Waals surface area contributed by atoms with E-state index in [4.69, 9.17) is 9.47 Å². The zero-order valence-corrected chi connectivity index (χ0v) is 17.7. The van der Waals surface area contributed by atoms with Gasteiger partial charge in [-0.3, -0.25) is 9.69 Å². The molecule has 1 amide bonds. The Balaban J connectivity index is 1.31. The van der Waals surface area contributed by atoms with Gasteiger partial charge in [0.05, 0.1) is 20.8 Å². The monoisotopic (exact) mass is 411 g/mol. The fourth-order valence-electron chi connectivity index (χ4n) is 4.33. The van der Waals surface area contributed by atoms with E-state index in [1.807, 2.05) is 23.1 Å². The van der Waals surface area contributed by atoms with Gasteiger partial charge in [-0.15, -0.1) is 0 Å². The van der Waals surface area contributed by atoms with Crippen molar-refractivity contribution in [2.24, 2.45) is 0 Å². The predicted molar refractivity (Wildman–Crippen MR) is 114 cm³/mol. The number of amides is 1. The second-order valence-electron chi connectivity index (χ2n) is 7.72. The fraction of sp³-hybridized carbons (Fsp3) is 0.500. The van der Waals surface area contributed by atoms with Crippen LogP contribution in [0.15, 0.2) is 36.7 Å². The summed E-state index contributed by atoms with van der Waals surface area (Å²) in [7, 11) is 3.31. The standard InChI is InChI=1S/C22H29N5O3/c1-29-19-6-3-5-18(21(19)30-2)17-7-10-27(15-17)20(28)16-25-11-13-26(14-12-25)22-23-8-4-9-24-22/h3-6,8-9,17H,7,10-16H2,1-2H3. The third-order valence-electron chi connectivity index (χ3n) is 5.98. The Morgan fingerprint density at radius 3 is 2.50 bits per heavy atom. The number of carbonyl (C=O) groups excluding carboxylic acids is 1. The molecule has 0 saturated carbocycles. The normalized spacial score (nSPS) is 19.7. The number of hydrogen-bond acceptors (Lipinski definition) is 7.